The number of nitrogens with one attached hydrogen (secondary N) is 2. The Balaban J connectivity index is 2.10. The van der Waals surface area contributed by atoms with Gasteiger partial charge in [-0.2, -0.15) is 13.2 Å². The largest absolute Gasteiger partial charge is 0.435 e. The number of rotatable bonds is 5. The molecule has 1 unspecified atom stereocenters. The Kier molecular flexibility index (Phi) is 6.60. The Morgan fingerprint density at radius 3 is 2.38 bits per heavy atom. The van der Waals surface area contributed by atoms with Crippen molar-refractivity contribution in [3.8, 4) is 11.6 Å². The van der Waals surface area contributed by atoms with Gasteiger partial charge < -0.3 is 10.1 Å². The summed E-state index contributed by atoms with van der Waals surface area (Å²) in [7, 11) is -3.15. The van der Waals surface area contributed by atoms with Gasteiger partial charge in [-0.3, -0.25) is 4.79 Å². The lowest BCUT2D eigenvalue weighted by Crippen LogP contribution is -2.21. The molecule has 0 saturated carbocycles. The normalized spacial score (nSPS) is 13.3. The topological polar surface area (TPSA) is 105 Å². The number of benzene rings is 2. The third-order valence-corrected chi connectivity index (χ3v) is 5.80. The highest BCUT2D eigenvalue weighted by Crippen LogP contribution is 2.35. The first-order valence-electron chi connectivity index (χ1n) is 9.41. The molecule has 0 fully saturated rings. The van der Waals surface area contributed by atoms with E-state index in [4.69, 9.17) is 9.52 Å². The van der Waals surface area contributed by atoms with Crippen LogP contribution in [-0.2, 0) is 15.9 Å². The van der Waals surface area contributed by atoms with Crippen LogP contribution in [0.5, 0.6) is 11.6 Å². The van der Waals surface area contributed by atoms with E-state index >= 15 is 0 Å². The summed E-state index contributed by atoms with van der Waals surface area (Å²) in [5.41, 5.74) is -2.89. The summed E-state index contributed by atoms with van der Waals surface area (Å²) in [6.07, 6.45) is -3.81. The van der Waals surface area contributed by atoms with Gasteiger partial charge in [-0.1, -0.05) is 6.07 Å². The van der Waals surface area contributed by atoms with Crippen molar-refractivity contribution in [2.45, 2.75) is 24.9 Å². The maximum Gasteiger partial charge on any atom is 0.435 e. The minimum absolute atomic E-state index is 0.0209. The zero-order valence-electron chi connectivity index (χ0n) is 17.9. The van der Waals surface area contributed by atoms with Gasteiger partial charge in [0, 0.05) is 22.9 Å². The highest BCUT2D eigenvalue weighted by molar-refractivity contribution is 7.91. The van der Waals surface area contributed by atoms with Crippen molar-refractivity contribution in [1.82, 2.24) is 10.2 Å². The molecular formula is C21H17F5N4O3S. The fraction of sp³-hybridized carbons (Fsp3) is 0.190. The number of carbonyl (C=O) groups excluding carboxylic acids is 1. The second-order valence-corrected chi connectivity index (χ2v) is 9.47. The third kappa shape index (κ3) is 5.30. The van der Waals surface area contributed by atoms with Gasteiger partial charge in [0.2, 0.25) is 0 Å². The predicted molar refractivity (Wildman–Crippen MR) is 112 cm³/mol. The monoisotopic (exact) mass is 500 g/mol. The molecule has 1 atom stereocenters. The molecule has 0 saturated heterocycles. The lowest BCUT2D eigenvalue weighted by atomic mass is 10.1. The lowest BCUT2D eigenvalue weighted by molar-refractivity contribution is -0.142. The molecular weight excluding hydrogens is 483 g/mol. The summed E-state index contributed by atoms with van der Waals surface area (Å²) in [6.45, 7) is 2.24. The van der Waals surface area contributed by atoms with Crippen molar-refractivity contribution in [1.29, 1.82) is 4.78 Å². The quantitative estimate of drug-likeness (QED) is 0.452. The lowest BCUT2D eigenvalue weighted by Gasteiger charge is -2.16. The van der Waals surface area contributed by atoms with E-state index in [9.17, 15) is 31.0 Å². The molecule has 7 nitrogen and oxygen atoms in total. The van der Waals surface area contributed by atoms with E-state index in [-0.39, 0.29) is 16.1 Å². The predicted octanol–water partition coefficient (Wildman–Crippen LogP) is 5.47. The Bertz CT molecular complexity index is 1390. The number of aryl methyl sites for hydroxylation is 1. The van der Waals surface area contributed by atoms with Crippen molar-refractivity contribution >= 4 is 21.3 Å². The van der Waals surface area contributed by atoms with Crippen LogP contribution < -0.4 is 10.1 Å². The van der Waals surface area contributed by atoms with Gasteiger partial charge in [0.15, 0.2) is 17.3 Å². The fourth-order valence-corrected chi connectivity index (χ4v) is 3.62. The van der Waals surface area contributed by atoms with Crippen LogP contribution in [0.25, 0.3) is 0 Å². The minimum Gasteiger partial charge on any atom is -0.434 e. The fourth-order valence-electron chi connectivity index (χ4n) is 2.93. The second kappa shape index (κ2) is 8.97. The first kappa shape index (κ1) is 25.0. The number of carbonyl (C=O) groups is 1. The van der Waals surface area contributed by atoms with Gasteiger partial charge in [-0.05, 0) is 49.2 Å². The van der Waals surface area contributed by atoms with E-state index in [0.29, 0.717) is 6.07 Å². The van der Waals surface area contributed by atoms with E-state index in [1.54, 1.807) is 0 Å². The number of anilines is 1. The van der Waals surface area contributed by atoms with Crippen LogP contribution in [0.4, 0.5) is 27.6 Å². The number of alkyl halides is 3. The standard InChI is InChI=1S/C21H17F5N4O3S/c1-10-7-15(23)16(9-14(10)22)33-20-17(11(2)18(29-30-20)21(24,25)26)19(31)28-12-5-4-6-13(8-12)34(3,27)32/h4-9,27H,1-3H3,(H,28,31). The van der Waals surface area contributed by atoms with Crippen LogP contribution in [0, 0.1) is 30.3 Å². The van der Waals surface area contributed by atoms with Crippen LogP contribution >= 0.6 is 0 Å². The van der Waals surface area contributed by atoms with E-state index in [1.807, 2.05) is 0 Å². The van der Waals surface area contributed by atoms with E-state index in [2.05, 4.69) is 15.5 Å². The highest BCUT2D eigenvalue weighted by Gasteiger charge is 2.38. The van der Waals surface area contributed by atoms with Gasteiger partial charge in [0.1, 0.15) is 11.4 Å². The molecule has 0 aliphatic rings. The summed E-state index contributed by atoms with van der Waals surface area (Å²) in [5, 5.41) is 8.67. The molecule has 1 amide bonds. The molecule has 0 radical (unpaired) electrons. The summed E-state index contributed by atoms with van der Waals surface area (Å²) >= 11 is 0. The van der Waals surface area contributed by atoms with Gasteiger partial charge in [0.25, 0.3) is 11.8 Å². The first-order chi connectivity index (χ1) is 15.7. The number of hydrogen-bond acceptors (Lipinski definition) is 6. The first-order valence-corrected chi connectivity index (χ1v) is 11.4. The summed E-state index contributed by atoms with van der Waals surface area (Å²) in [6, 6.07) is 6.83. The Morgan fingerprint density at radius 2 is 1.76 bits per heavy atom. The molecule has 180 valence electrons. The third-order valence-electron chi connectivity index (χ3n) is 4.64. The van der Waals surface area contributed by atoms with Crippen LogP contribution in [0.1, 0.15) is 27.2 Å². The minimum atomic E-state index is -4.97. The smallest absolute Gasteiger partial charge is 0.434 e. The molecule has 1 aromatic heterocycles. The molecule has 0 spiro atoms. The molecule has 0 bridgehead atoms. The number of hydrogen-bond donors (Lipinski definition) is 2. The average molecular weight is 500 g/mol. The van der Waals surface area contributed by atoms with Gasteiger partial charge in [0.05, 0.1) is 9.73 Å². The zero-order chi connectivity index (χ0) is 25.4. The molecule has 3 aromatic rings. The average Bonchev–Trinajstić information content (AvgIpc) is 2.70. The maximum absolute atomic E-state index is 14.3. The zero-order valence-corrected chi connectivity index (χ0v) is 18.7. The number of halogens is 5. The highest BCUT2D eigenvalue weighted by atomic mass is 32.2. The van der Waals surface area contributed by atoms with E-state index < -0.39 is 61.9 Å². The molecule has 2 aromatic carbocycles. The molecule has 1 heterocycles. The SMILES string of the molecule is Cc1cc(F)c(Oc2nnc(C(F)(F)F)c(C)c2C(=O)Nc2cccc(S(C)(=N)=O)c2)cc1F. The van der Waals surface area contributed by atoms with Gasteiger partial charge in [-0.25, -0.2) is 17.8 Å². The Morgan fingerprint density at radius 1 is 1.09 bits per heavy atom. The molecule has 3 rings (SSSR count). The van der Waals surface area contributed by atoms with Gasteiger partial charge in [-0.15, -0.1) is 10.2 Å². The summed E-state index contributed by atoms with van der Waals surface area (Å²) in [4.78, 5) is 13.0. The maximum atomic E-state index is 14.3. The molecule has 34 heavy (non-hydrogen) atoms. The van der Waals surface area contributed by atoms with Crippen molar-refractivity contribution in [3.63, 3.8) is 0 Å². The van der Waals surface area contributed by atoms with Gasteiger partial charge >= 0.3 is 6.18 Å². The number of amides is 1. The second-order valence-electron chi connectivity index (χ2n) is 7.31. The molecule has 13 heteroatoms. The van der Waals surface area contributed by atoms with Crippen molar-refractivity contribution in [2.24, 2.45) is 0 Å². The summed E-state index contributed by atoms with van der Waals surface area (Å²) < 4.78 is 93.1. The van der Waals surface area contributed by atoms with Crippen LogP contribution in [-0.4, -0.2) is 26.6 Å². The van der Waals surface area contributed by atoms with E-state index in [1.165, 1.54) is 31.2 Å². The van der Waals surface area contributed by atoms with Crippen molar-refractivity contribution < 1.29 is 35.7 Å². The van der Waals surface area contributed by atoms with Crippen LogP contribution in [0.15, 0.2) is 41.3 Å². The molecule has 0 aliphatic carbocycles. The molecule has 0 aliphatic heterocycles. The number of nitrogens with zero attached hydrogens (tertiary/aromatic N) is 2. The Labute approximate surface area is 190 Å². The summed E-state index contributed by atoms with van der Waals surface area (Å²) in [5.74, 6) is -4.53. The van der Waals surface area contributed by atoms with E-state index in [0.717, 1.165) is 19.2 Å². The number of aromatic nitrogens is 2. The van der Waals surface area contributed by atoms with Crippen molar-refractivity contribution in [3.05, 3.63) is 70.4 Å². The Hall–Kier alpha value is -3.61. The molecule has 2 N–H and O–H groups in total. The number of ether oxygens (including phenoxy) is 1. The van der Waals surface area contributed by atoms with Crippen LogP contribution in [0.2, 0.25) is 0 Å². The van der Waals surface area contributed by atoms with Crippen LogP contribution in [0.3, 0.4) is 0 Å². The van der Waals surface area contributed by atoms with Crippen molar-refractivity contribution in [2.75, 3.05) is 11.6 Å².